The number of carbonyl (C=O) groups is 1. The maximum Gasteiger partial charge on any atom is 0.259 e. The number of carbonyl (C=O) groups excluding carboxylic acids is 1. The number of nitrogens with zero attached hydrogens (tertiary/aromatic N) is 6. The smallest absolute Gasteiger partial charge is 0.259 e. The van der Waals surface area contributed by atoms with Gasteiger partial charge in [0.15, 0.2) is 17.2 Å². The topological polar surface area (TPSA) is 115 Å². The van der Waals surface area contributed by atoms with Gasteiger partial charge in [0.1, 0.15) is 5.52 Å². The van der Waals surface area contributed by atoms with E-state index in [0.717, 1.165) is 36.9 Å². The van der Waals surface area contributed by atoms with Crippen LogP contribution in [-0.2, 0) is 10.4 Å². The molecule has 1 aliphatic carbocycles. The molecule has 192 valence electrons. The summed E-state index contributed by atoms with van der Waals surface area (Å²) in [5.41, 5.74) is 1.01. The summed E-state index contributed by atoms with van der Waals surface area (Å²) >= 11 is 0. The molecule has 1 saturated carbocycles. The predicted molar refractivity (Wildman–Crippen MR) is 141 cm³/mol. The normalized spacial score (nSPS) is 18.3. The molecule has 1 atom stereocenters. The first kappa shape index (κ1) is 23.5. The summed E-state index contributed by atoms with van der Waals surface area (Å²) in [6.07, 6.45) is 5.73. The number of nitrogens with one attached hydrogen (secondary N) is 2. The number of hydrogen-bond donors (Lipinski definition) is 3. The Balaban J connectivity index is 1.21. The molecule has 0 radical (unpaired) electrons. The van der Waals surface area contributed by atoms with Crippen LogP contribution >= 0.6 is 0 Å². The summed E-state index contributed by atoms with van der Waals surface area (Å²) in [6, 6.07) is 15.3. The van der Waals surface area contributed by atoms with E-state index in [1.54, 1.807) is 4.52 Å². The lowest BCUT2D eigenvalue weighted by Gasteiger charge is -2.41. The van der Waals surface area contributed by atoms with Gasteiger partial charge in [0.2, 0.25) is 5.95 Å². The molecular formula is C27H32N8O2. The van der Waals surface area contributed by atoms with E-state index in [0.29, 0.717) is 49.3 Å². The summed E-state index contributed by atoms with van der Waals surface area (Å²) in [5, 5.41) is 27.1. The standard InChI is InChI=1S/C27H32N8O2/c1-19-18-23(31-30-19)28-24-22-12-7-13-35(22)32-26(29-24)34-16-14-33(15-17-34)25(36)27(37,21-10-5-6-11-21)20-8-3-2-4-9-20/h2-4,7-9,12-13,18,21,37H,5-6,10-11,14-17H2,1H3,(H2,28,29,30,31,32). The molecule has 10 heteroatoms. The highest BCUT2D eigenvalue weighted by Crippen LogP contribution is 2.42. The van der Waals surface area contributed by atoms with Crippen LogP contribution in [0.3, 0.4) is 0 Å². The Labute approximate surface area is 215 Å². The summed E-state index contributed by atoms with van der Waals surface area (Å²) in [6.45, 7) is 4.09. The number of amides is 1. The Morgan fingerprint density at radius 1 is 1.08 bits per heavy atom. The number of H-pyrrole nitrogens is 1. The van der Waals surface area contributed by atoms with Crippen LogP contribution in [0.15, 0.2) is 54.7 Å². The fraction of sp³-hybridized carbons (Fsp3) is 0.407. The minimum Gasteiger partial charge on any atom is -0.375 e. The van der Waals surface area contributed by atoms with Gasteiger partial charge in [0.25, 0.3) is 5.91 Å². The fourth-order valence-electron chi connectivity index (χ4n) is 5.67. The van der Waals surface area contributed by atoms with Crippen LogP contribution in [0.1, 0.15) is 36.9 Å². The first-order chi connectivity index (χ1) is 18.0. The molecule has 2 fully saturated rings. The van der Waals surface area contributed by atoms with Gasteiger partial charge in [-0.15, -0.1) is 5.10 Å². The largest absolute Gasteiger partial charge is 0.375 e. The van der Waals surface area contributed by atoms with E-state index in [1.165, 1.54) is 0 Å². The number of fused-ring (bicyclic) bond motifs is 1. The van der Waals surface area contributed by atoms with Gasteiger partial charge in [-0.2, -0.15) is 10.1 Å². The number of aromatic nitrogens is 5. The van der Waals surface area contributed by atoms with E-state index in [1.807, 2.05) is 66.6 Å². The van der Waals surface area contributed by atoms with Gasteiger partial charge in [-0.25, -0.2) is 4.52 Å². The molecule has 1 saturated heterocycles. The Kier molecular flexibility index (Phi) is 6.03. The maximum absolute atomic E-state index is 13.9. The Bertz CT molecular complexity index is 1390. The van der Waals surface area contributed by atoms with Crippen LogP contribution in [0, 0.1) is 12.8 Å². The molecule has 0 bridgehead atoms. The van der Waals surface area contributed by atoms with Crippen molar-refractivity contribution in [3.8, 4) is 0 Å². The van der Waals surface area contributed by atoms with Crippen molar-refractivity contribution in [1.82, 2.24) is 29.7 Å². The van der Waals surface area contributed by atoms with Crippen molar-refractivity contribution in [2.75, 3.05) is 36.4 Å². The first-order valence-electron chi connectivity index (χ1n) is 13.0. The third-order valence-electron chi connectivity index (χ3n) is 7.67. The van der Waals surface area contributed by atoms with Crippen molar-refractivity contribution in [3.05, 3.63) is 66.0 Å². The van der Waals surface area contributed by atoms with Crippen LogP contribution in [0.5, 0.6) is 0 Å². The van der Waals surface area contributed by atoms with Gasteiger partial charge in [0.05, 0.1) is 0 Å². The van der Waals surface area contributed by atoms with Crippen LogP contribution in [-0.4, -0.2) is 66.9 Å². The summed E-state index contributed by atoms with van der Waals surface area (Å²) in [7, 11) is 0. The molecule has 4 heterocycles. The zero-order chi connectivity index (χ0) is 25.4. The zero-order valence-corrected chi connectivity index (χ0v) is 21.0. The lowest BCUT2D eigenvalue weighted by Crippen LogP contribution is -2.57. The Hall–Kier alpha value is -3.92. The summed E-state index contributed by atoms with van der Waals surface area (Å²) in [5.74, 6) is 1.69. The molecule has 2 aliphatic rings. The first-order valence-corrected chi connectivity index (χ1v) is 13.0. The Morgan fingerprint density at radius 3 is 2.54 bits per heavy atom. The second-order valence-electron chi connectivity index (χ2n) is 10.1. The second kappa shape index (κ2) is 9.51. The minimum atomic E-state index is -1.49. The van der Waals surface area contributed by atoms with Gasteiger partial charge < -0.3 is 20.2 Å². The third-order valence-corrected chi connectivity index (χ3v) is 7.67. The lowest BCUT2D eigenvalue weighted by atomic mass is 9.79. The van der Waals surface area contributed by atoms with Crippen molar-refractivity contribution >= 4 is 29.0 Å². The number of piperazine rings is 1. The van der Waals surface area contributed by atoms with E-state index < -0.39 is 5.60 Å². The van der Waals surface area contributed by atoms with E-state index >= 15 is 0 Å². The van der Waals surface area contributed by atoms with Crippen LogP contribution in [0.2, 0.25) is 0 Å². The molecule has 10 nitrogen and oxygen atoms in total. The SMILES string of the molecule is Cc1cc(Nc2nc(N3CCN(C(=O)C(O)(c4ccccc4)C4CCCC4)CC3)nn3cccc23)n[nH]1. The van der Waals surface area contributed by atoms with Crippen molar-refractivity contribution in [1.29, 1.82) is 0 Å². The highest BCUT2D eigenvalue weighted by Gasteiger charge is 2.48. The number of hydrogen-bond acceptors (Lipinski definition) is 7. The molecule has 37 heavy (non-hydrogen) atoms. The van der Waals surface area contributed by atoms with Gasteiger partial charge in [-0.05, 0) is 37.5 Å². The van der Waals surface area contributed by atoms with E-state index in [-0.39, 0.29) is 11.8 Å². The van der Waals surface area contributed by atoms with Crippen LogP contribution < -0.4 is 10.2 Å². The van der Waals surface area contributed by atoms with E-state index in [4.69, 9.17) is 10.1 Å². The average Bonchev–Trinajstić information content (AvgIpc) is 3.71. The second-order valence-corrected chi connectivity index (χ2v) is 10.1. The van der Waals surface area contributed by atoms with Crippen LogP contribution in [0.4, 0.5) is 17.6 Å². The summed E-state index contributed by atoms with van der Waals surface area (Å²) < 4.78 is 1.80. The average molecular weight is 501 g/mol. The van der Waals surface area contributed by atoms with Crippen molar-refractivity contribution in [2.24, 2.45) is 5.92 Å². The number of benzene rings is 1. The van der Waals surface area contributed by atoms with Crippen molar-refractivity contribution in [2.45, 2.75) is 38.2 Å². The van der Waals surface area contributed by atoms with E-state index in [9.17, 15) is 9.90 Å². The molecule has 4 aromatic rings. The maximum atomic E-state index is 13.9. The molecule has 3 N–H and O–H groups in total. The molecule has 1 aromatic carbocycles. The van der Waals surface area contributed by atoms with Gasteiger partial charge in [-0.1, -0.05) is 43.2 Å². The number of aryl methyl sites for hydroxylation is 1. The monoisotopic (exact) mass is 500 g/mol. The highest BCUT2D eigenvalue weighted by atomic mass is 16.3. The molecule has 6 rings (SSSR count). The molecule has 1 amide bonds. The molecule has 3 aromatic heterocycles. The number of anilines is 3. The highest BCUT2D eigenvalue weighted by molar-refractivity contribution is 5.87. The van der Waals surface area contributed by atoms with Gasteiger partial charge in [0, 0.05) is 50.1 Å². The van der Waals surface area contributed by atoms with Crippen molar-refractivity contribution < 1.29 is 9.90 Å². The lowest BCUT2D eigenvalue weighted by molar-refractivity contribution is -0.159. The number of rotatable bonds is 6. The predicted octanol–water partition coefficient (Wildman–Crippen LogP) is 3.23. The third kappa shape index (κ3) is 4.31. The van der Waals surface area contributed by atoms with Crippen LogP contribution in [0.25, 0.3) is 5.52 Å². The Morgan fingerprint density at radius 2 is 1.84 bits per heavy atom. The summed E-state index contributed by atoms with van der Waals surface area (Å²) in [4.78, 5) is 22.6. The van der Waals surface area contributed by atoms with E-state index in [2.05, 4.69) is 20.4 Å². The molecule has 0 spiro atoms. The quantitative estimate of drug-likeness (QED) is 0.372. The molecule has 1 aliphatic heterocycles. The zero-order valence-electron chi connectivity index (χ0n) is 21.0. The molecular weight excluding hydrogens is 468 g/mol. The minimum absolute atomic E-state index is 0.0563. The number of aromatic amines is 1. The van der Waals surface area contributed by atoms with Gasteiger partial charge >= 0.3 is 0 Å². The molecule has 1 unspecified atom stereocenters. The van der Waals surface area contributed by atoms with Gasteiger partial charge in [-0.3, -0.25) is 9.89 Å². The van der Waals surface area contributed by atoms with Crippen molar-refractivity contribution in [3.63, 3.8) is 0 Å². The number of aliphatic hydroxyl groups is 1. The fourth-order valence-corrected chi connectivity index (χ4v) is 5.67.